The van der Waals surface area contributed by atoms with E-state index < -0.39 is 17.1 Å². The topological polar surface area (TPSA) is 93.8 Å². The zero-order chi connectivity index (χ0) is 15.4. The molecule has 0 fully saturated rings. The third kappa shape index (κ3) is 3.07. The van der Waals surface area contributed by atoms with E-state index in [0.717, 1.165) is 4.57 Å². The monoisotopic (exact) mass is 288 g/mol. The van der Waals surface area contributed by atoms with E-state index in [9.17, 15) is 14.0 Å². The largest absolute Gasteiger partial charge is 0.331 e. The lowest BCUT2D eigenvalue weighted by Crippen LogP contribution is -2.40. The highest BCUT2D eigenvalue weighted by atomic mass is 19.1. The summed E-state index contributed by atoms with van der Waals surface area (Å²) in [6.45, 7) is 0.182. The molecular formula is C14H13FN4O2. The van der Waals surface area contributed by atoms with E-state index in [1.54, 1.807) is 0 Å². The summed E-state index contributed by atoms with van der Waals surface area (Å²) in [4.78, 5) is 23.7. The van der Waals surface area contributed by atoms with Crippen LogP contribution in [0.25, 0.3) is 0 Å². The highest BCUT2D eigenvalue weighted by molar-refractivity contribution is 5.33. The van der Waals surface area contributed by atoms with Crippen molar-refractivity contribution in [1.82, 2.24) is 9.13 Å². The number of nitrogens with zero attached hydrogens (tertiary/aromatic N) is 3. The maximum absolute atomic E-state index is 13.7. The van der Waals surface area contributed by atoms with Gasteiger partial charge < -0.3 is 5.73 Å². The van der Waals surface area contributed by atoms with Gasteiger partial charge in [0, 0.05) is 30.9 Å². The van der Waals surface area contributed by atoms with E-state index in [1.807, 2.05) is 6.07 Å². The van der Waals surface area contributed by atoms with Crippen molar-refractivity contribution in [1.29, 1.82) is 5.26 Å². The van der Waals surface area contributed by atoms with Gasteiger partial charge in [-0.05, 0) is 18.2 Å². The molecule has 0 amide bonds. The van der Waals surface area contributed by atoms with Gasteiger partial charge in [0.05, 0.1) is 18.2 Å². The van der Waals surface area contributed by atoms with Crippen LogP contribution in [0.15, 0.2) is 40.1 Å². The number of hydrogen-bond acceptors (Lipinski definition) is 4. The third-order valence-electron chi connectivity index (χ3n) is 3.01. The van der Waals surface area contributed by atoms with Crippen molar-refractivity contribution < 1.29 is 4.39 Å². The molecule has 0 spiro atoms. The molecule has 0 radical (unpaired) electrons. The second-order valence-corrected chi connectivity index (χ2v) is 4.42. The van der Waals surface area contributed by atoms with Gasteiger partial charge >= 0.3 is 5.69 Å². The van der Waals surface area contributed by atoms with Gasteiger partial charge in [-0.1, -0.05) is 0 Å². The molecule has 0 aliphatic carbocycles. The fraction of sp³-hybridized carbons (Fsp3) is 0.214. The minimum atomic E-state index is -0.560. The maximum Gasteiger partial charge on any atom is 0.331 e. The van der Waals surface area contributed by atoms with Gasteiger partial charge in [-0.15, -0.1) is 0 Å². The maximum atomic E-state index is 13.7. The predicted octanol–water partition coefficient (Wildman–Crippen LogP) is 0.0278. The molecule has 0 aliphatic rings. The Labute approximate surface area is 119 Å². The Hall–Kier alpha value is -2.72. The molecule has 1 heterocycles. The van der Waals surface area contributed by atoms with E-state index in [2.05, 4.69) is 0 Å². The first-order chi connectivity index (χ1) is 10.1. The normalized spacial score (nSPS) is 10.3. The van der Waals surface area contributed by atoms with Gasteiger partial charge in [-0.25, -0.2) is 9.18 Å². The molecule has 6 nitrogen and oxygen atoms in total. The van der Waals surface area contributed by atoms with Gasteiger partial charge in [0.25, 0.3) is 5.56 Å². The van der Waals surface area contributed by atoms with Crippen molar-refractivity contribution in [2.24, 2.45) is 5.73 Å². The van der Waals surface area contributed by atoms with Crippen molar-refractivity contribution in [3.8, 4) is 6.07 Å². The summed E-state index contributed by atoms with van der Waals surface area (Å²) in [7, 11) is 0. The van der Waals surface area contributed by atoms with Crippen LogP contribution in [0.3, 0.4) is 0 Å². The molecule has 1 aromatic carbocycles. The van der Waals surface area contributed by atoms with E-state index in [4.69, 9.17) is 11.0 Å². The molecule has 1 aromatic heterocycles. The molecule has 2 aromatic rings. The Bertz CT molecular complexity index is 817. The first-order valence-electron chi connectivity index (χ1n) is 6.25. The van der Waals surface area contributed by atoms with E-state index in [-0.39, 0.29) is 25.2 Å². The first kappa shape index (κ1) is 14.7. The summed E-state index contributed by atoms with van der Waals surface area (Å²) in [5, 5.41) is 8.82. The molecule has 0 unspecified atom stereocenters. The molecule has 0 saturated carbocycles. The summed E-state index contributed by atoms with van der Waals surface area (Å²) in [6, 6.07) is 7.04. The molecule has 0 saturated heterocycles. The average Bonchev–Trinajstić information content (AvgIpc) is 2.48. The van der Waals surface area contributed by atoms with Crippen molar-refractivity contribution >= 4 is 0 Å². The van der Waals surface area contributed by atoms with Crippen LogP contribution >= 0.6 is 0 Å². The number of nitrogens with two attached hydrogens (primary N) is 1. The Morgan fingerprint density at radius 3 is 2.71 bits per heavy atom. The van der Waals surface area contributed by atoms with E-state index in [0.29, 0.717) is 5.56 Å². The lowest BCUT2D eigenvalue weighted by Gasteiger charge is -2.10. The Kier molecular flexibility index (Phi) is 4.30. The molecule has 2 rings (SSSR count). The number of benzene rings is 1. The van der Waals surface area contributed by atoms with Crippen LogP contribution in [-0.4, -0.2) is 15.7 Å². The number of rotatable bonds is 4. The van der Waals surface area contributed by atoms with Crippen LogP contribution < -0.4 is 17.0 Å². The minimum absolute atomic E-state index is 0.0644. The van der Waals surface area contributed by atoms with Gasteiger partial charge in [0.15, 0.2) is 0 Å². The number of hydrogen-bond donors (Lipinski definition) is 1. The van der Waals surface area contributed by atoms with Crippen LogP contribution in [0.4, 0.5) is 4.39 Å². The summed E-state index contributed by atoms with van der Waals surface area (Å²) in [5.41, 5.74) is 4.85. The van der Waals surface area contributed by atoms with Crippen LogP contribution in [-0.2, 0) is 13.1 Å². The fourth-order valence-corrected chi connectivity index (χ4v) is 1.96. The van der Waals surface area contributed by atoms with Gasteiger partial charge in [0.2, 0.25) is 0 Å². The molecule has 0 atom stereocenters. The van der Waals surface area contributed by atoms with Gasteiger partial charge in [-0.2, -0.15) is 5.26 Å². The third-order valence-corrected chi connectivity index (χ3v) is 3.01. The molecule has 0 bridgehead atoms. The van der Waals surface area contributed by atoms with Crippen LogP contribution in [0.2, 0.25) is 0 Å². The SMILES string of the molecule is N#Cc1ccc(F)c(Cn2ccc(=O)n(CCN)c2=O)c1. The van der Waals surface area contributed by atoms with Crippen LogP contribution in [0.1, 0.15) is 11.1 Å². The highest BCUT2D eigenvalue weighted by Gasteiger charge is 2.08. The summed E-state index contributed by atoms with van der Waals surface area (Å²) < 4.78 is 15.9. The second kappa shape index (κ2) is 6.15. The fourth-order valence-electron chi connectivity index (χ4n) is 1.96. The summed E-state index contributed by atoms with van der Waals surface area (Å²) in [5.74, 6) is -0.516. The lowest BCUT2D eigenvalue weighted by molar-refractivity contribution is 0.558. The Morgan fingerprint density at radius 1 is 1.29 bits per heavy atom. The minimum Gasteiger partial charge on any atom is -0.329 e. The number of aromatic nitrogens is 2. The predicted molar refractivity (Wildman–Crippen MR) is 74.2 cm³/mol. The highest BCUT2D eigenvalue weighted by Crippen LogP contribution is 2.10. The number of nitriles is 1. The standard InChI is InChI=1S/C14H13FN4O2/c15-12-2-1-10(8-17)7-11(12)9-18-5-3-13(20)19(6-4-16)14(18)21/h1-3,5,7H,4,6,9,16H2. The van der Waals surface area contributed by atoms with Crippen molar-refractivity contribution in [2.75, 3.05) is 6.54 Å². The summed E-state index contributed by atoms with van der Waals surface area (Å²) in [6.07, 6.45) is 1.30. The summed E-state index contributed by atoms with van der Waals surface area (Å²) >= 11 is 0. The Morgan fingerprint density at radius 2 is 2.05 bits per heavy atom. The van der Waals surface area contributed by atoms with E-state index >= 15 is 0 Å². The number of halogens is 1. The molecule has 21 heavy (non-hydrogen) atoms. The van der Waals surface area contributed by atoms with Crippen LogP contribution in [0, 0.1) is 17.1 Å². The zero-order valence-corrected chi connectivity index (χ0v) is 11.1. The average molecular weight is 288 g/mol. The molecular weight excluding hydrogens is 275 g/mol. The molecule has 108 valence electrons. The second-order valence-electron chi connectivity index (χ2n) is 4.42. The van der Waals surface area contributed by atoms with Crippen molar-refractivity contribution in [2.45, 2.75) is 13.1 Å². The van der Waals surface area contributed by atoms with Crippen molar-refractivity contribution in [3.63, 3.8) is 0 Å². The van der Waals surface area contributed by atoms with Gasteiger partial charge in [-0.3, -0.25) is 13.9 Å². The Balaban J connectivity index is 2.46. The van der Waals surface area contributed by atoms with Crippen LogP contribution in [0.5, 0.6) is 0 Å². The molecule has 2 N–H and O–H groups in total. The first-order valence-corrected chi connectivity index (χ1v) is 6.25. The van der Waals surface area contributed by atoms with Gasteiger partial charge in [0.1, 0.15) is 5.82 Å². The quantitative estimate of drug-likeness (QED) is 0.858. The molecule has 0 aliphatic heterocycles. The van der Waals surface area contributed by atoms with E-state index in [1.165, 1.54) is 35.0 Å². The lowest BCUT2D eigenvalue weighted by atomic mass is 10.1. The molecule has 7 heteroatoms. The smallest absolute Gasteiger partial charge is 0.329 e. The van der Waals surface area contributed by atoms with Crippen molar-refractivity contribution in [3.05, 3.63) is 68.2 Å². The zero-order valence-electron chi connectivity index (χ0n) is 11.1.